The lowest BCUT2D eigenvalue weighted by molar-refractivity contribution is -0.112. The molecule has 156 valence electrons. The number of anilines is 1. The zero-order chi connectivity index (χ0) is 21.9. The van der Waals surface area contributed by atoms with E-state index in [1.54, 1.807) is 18.9 Å². The van der Waals surface area contributed by atoms with Crippen LogP contribution in [-0.2, 0) is 11.2 Å². The van der Waals surface area contributed by atoms with Gasteiger partial charge in [0.15, 0.2) is 0 Å². The predicted molar refractivity (Wildman–Crippen MR) is 124 cm³/mol. The van der Waals surface area contributed by atoms with E-state index in [4.69, 9.17) is 4.74 Å². The number of carbonyl (C=O) groups is 1. The number of rotatable bonds is 9. The molecule has 2 N–H and O–H groups in total. The minimum atomic E-state index is -0.451. The van der Waals surface area contributed by atoms with Gasteiger partial charge in [0.05, 0.1) is 12.8 Å². The lowest BCUT2D eigenvalue weighted by Crippen LogP contribution is -2.18. The van der Waals surface area contributed by atoms with Gasteiger partial charge in [-0.15, -0.1) is 0 Å². The highest BCUT2D eigenvalue weighted by Crippen LogP contribution is 2.33. The first-order chi connectivity index (χ1) is 15.2. The maximum absolute atomic E-state index is 12.6. The maximum atomic E-state index is 12.6. The maximum Gasteiger partial charge on any atom is 0.267 e. The molecule has 0 unspecified atom stereocenters. The first-order valence-corrected chi connectivity index (χ1v) is 10.6. The van der Waals surface area contributed by atoms with Gasteiger partial charge in [0.1, 0.15) is 17.4 Å². The van der Waals surface area contributed by atoms with Crippen LogP contribution in [0.5, 0.6) is 5.75 Å². The Morgan fingerprint density at radius 2 is 1.74 bits per heavy atom. The summed E-state index contributed by atoms with van der Waals surface area (Å²) in [5.41, 5.74) is 1.73. The van der Waals surface area contributed by atoms with Crippen molar-refractivity contribution in [1.29, 1.82) is 5.26 Å². The Labute approximate surface area is 186 Å². The molecule has 0 aliphatic carbocycles. The molecule has 0 aromatic heterocycles. The molecule has 3 aromatic rings. The minimum Gasteiger partial charge on any atom is -0.496 e. The Hall–Kier alpha value is -3.69. The fourth-order valence-electron chi connectivity index (χ4n) is 2.90. The second-order valence-electron chi connectivity index (χ2n) is 6.55. The molecule has 3 aromatic carbocycles. The Morgan fingerprint density at radius 1 is 1.03 bits per heavy atom. The molecule has 0 heterocycles. The van der Waals surface area contributed by atoms with Crippen LogP contribution < -0.4 is 15.4 Å². The number of carbonyl (C=O) groups excluding carboxylic acids is 1. The predicted octanol–water partition coefficient (Wildman–Crippen LogP) is 5.02. The Kier molecular flexibility index (Phi) is 8.15. The zero-order valence-electron chi connectivity index (χ0n) is 17.2. The lowest BCUT2D eigenvalue weighted by atomic mass is 10.1. The summed E-state index contributed by atoms with van der Waals surface area (Å²) in [5.74, 6) is 0.368. The highest BCUT2D eigenvalue weighted by atomic mass is 32.2. The lowest BCUT2D eigenvalue weighted by Gasteiger charge is -2.11. The van der Waals surface area contributed by atoms with Gasteiger partial charge in [0.25, 0.3) is 5.91 Å². The third-order valence-corrected chi connectivity index (χ3v) is 5.53. The van der Waals surface area contributed by atoms with Crippen LogP contribution in [0.25, 0.3) is 0 Å². The molecular weight excluding hydrogens is 406 g/mol. The van der Waals surface area contributed by atoms with Gasteiger partial charge in [-0.1, -0.05) is 60.3 Å². The molecule has 0 atom stereocenters. The number of para-hydroxylation sites is 2. The number of methoxy groups -OCH3 is 1. The van der Waals surface area contributed by atoms with Crippen LogP contribution in [0.1, 0.15) is 5.56 Å². The number of benzene rings is 3. The van der Waals surface area contributed by atoms with Crippen molar-refractivity contribution in [3.8, 4) is 11.8 Å². The first kappa shape index (κ1) is 22.0. The van der Waals surface area contributed by atoms with E-state index in [2.05, 4.69) is 10.6 Å². The Morgan fingerprint density at radius 3 is 2.52 bits per heavy atom. The van der Waals surface area contributed by atoms with Crippen LogP contribution >= 0.6 is 11.8 Å². The van der Waals surface area contributed by atoms with E-state index < -0.39 is 5.91 Å². The van der Waals surface area contributed by atoms with Crippen LogP contribution in [0.2, 0.25) is 0 Å². The minimum absolute atomic E-state index is 0.0135. The van der Waals surface area contributed by atoms with Gasteiger partial charge < -0.3 is 15.4 Å². The van der Waals surface area contributed by atoms with Crippen LogP contribution in [0, 0.1) is 11.3 Å². The highest BCUT2D eigenvalue weighted by Gasteiger charge is 2.12. The number of ether oxygens (including phenoxy) is 1. The molecule has 5 nitrogen and oxygen atoms in total. The van der Waals surface area contributed by atoms with Gasteiger partial charge >= 0.3 is 0 Å². The van der Waals surface area contributed by atoms with Gasteiger partial charge in [-0.25, -0.2) is 0 Å². The van der Waals surface area contributed by atoms with Gasteiger partial charge in [0, 0.05) is 22.5 Å². The SMILES string of the molecule is COc1ccccc1CCN/C=C(/C#N)C(=O)Nc1ccccc1Sc1ccccc1. The quantitative estimate of drug-likeness (QED) is 0.284. The largest absolute Gasteiger partial charge is 0.496 e. The smallest absolute Gasteiger partial charge is 0.267 e. The number of hydrogen-bond donors (Lipinski definition) is 2. The van der Waals surface area contributed by atoms with E-state index in [0.29, 0.717) is 18.7 Å². The Balaban J connectivity index is 1.62. The van der Waals surface area contributed by atoms with Gasteiger partial charge in [-0.05, 0) is 42.3 Å². The van der Waals surface area contributed by atoms with Crippen molar-refractivity contribution in [3.63, 3.8) is 0 Å². The Bertz CT molecular complexity index is 1090. The second kappa shape index (κ2) is 11.5. The number of nitriles is 1. The van der Waals surface area contributed by atoms with E-state index in [1.165, 1.54) is 6.20 Å². The van der Waals surface area contributed by atoms with Crippen molar-refractivity contribution in [2.45, 2.75) is 16.2 Å². The molecule has 31 heavy (non-hydrogen) atoms. The van der Waals surface area contributed by atoms with Gasteiger partial charge in [-0.3, -0.25) is 4.79 Å². The molecule has 0 saturated carbocycles. The third kappa shape index (κ3) is 6.39. The summed E-state index contributed by atoms with van der Waals surface area (Å²) in [6, 6.07) is 27.2. The molecule has 1 amide bonds. The second-order valence-corrected chi connectivity index (χ2v) is 7.67. The van der Waals surface area contributed by atoms with Crippen molar-refractivity contribution in [1.82, 2.24) is 5.32 Å². The van der Waals surface area contributed by atoms with Crippen molar-refractivity contribution >= 4 is 23.4 Å². The van der Waals surface area contributed by atoms with Crippen molar-refractivity contribution in [2.24, 2.45) is 0 Å². The van der Waals surface area contributed by atoms with Crippen LogP contribution in [0.3, 0.4) is 0 Å². The fraction of sp³-hybridized carbons (Fsp3) is 0.120. The number of hydrogen-bond acceptors (Lipinski definition) is 5. The van der Waals surface area contributed by atoms with Crippen LogP contribution in [-0.4, -0.2) is 19.6 Å². The molecule has 0 aliphatic heterocycles. The molecule has 0 saturated heterocycles. The summed E-state index contributed by atoms with van der Waals surface area (Å²) >= 11 is 1.55. The fourth-order valence-corrected chi connectivity index (χ4v) is 3.83. The highest BCUT2D eigenvalue weighted by molar-refractivity contribution is 7.99. The van der Waals surface area contributed by atoms with E-state index in [0.717, 1.165) is 21.1 Å². The number of amides is 1. The van der Waals surface area contributed by atoms with E-state index in [1.807, 2.05) is 84.9 Å². The average molecular weight is 430 g/mol. The molecule has 0 radical (unpaired) electrons. The van der Waals surface area contributed by atoms with Crippen LogP contribution in [0.4, 0.5) is 5.69 Å². The van der Waals surface area contributed by atoms with Crippen LogP contribution in [0.15, 0.2) is 100 Å². The summed E-state index contributed by atoms with van der Waals surface area (Å²) < 4.78 is 5.34. The summed E-state index contributed by atoms with van der Waals surface area (Å²) in [7, 11) is 1.64. The monoisotopic (exact) mass is 429 g/mol. The molecule has 0 aliphatic rings. The summed E-state index contributed by atoms with van der Waals surface area (Å²) in [6.07, 6.45) is 2.16. The molecule has 0 bridgehead atoms. The molecule has 0 spiro atoms. The van der Waals surface area contributed by atoms with Gasteiger partial charge in [0.2, 0.25) is 0 Å². The number of nitrogens with zero attached hydrogens (tertiary/aromatic N) is 1. The van der Waals surface area contributed by atoms with Crippen molar-refractivity contribution in [2.75, 3.05) is 19.0 Å². The summed E-state index contributed by atoms with van der Waals surface area (Å²) in [5, 5.41) is 15.3. The third-order valence-electron chi connectivity index (χ3n) is 4.45. The zero-order valence-corrected chi connectivity index (χ0v) is 18.0. The molecule has 3 rings (SSSR count). The average Bonchev–Trinajstić information content (AvgIpc) is 2.81. The van der Waals surface area contributed by atoms with E-state index in [-0.39, 0.29) is 5.57 Å². The van der Waals surface area contributed by atoms with Crippen molar-refractivity contribution < 1.29 is 9.53 Å². The number of nitrogens with one attached hydrogen (secondary N) is 2. The standard InChI is InChI=1S/C25H23N3O2S/c1-30-23-13-7-5-9-19(23)15-16-27-18-20(17-26)25(29)28-22-12-6-8-14-24(22)31-21-10-3-2-4-11-21/h2-14,18,27H,15-16H2,1H3,(H,28,29)/b20-18-. The first-order valence-electron chi connectivity index (χ1n) is 9.80. The topological polar surface area (TPSA) is 74.1 Å². The van der Waals surface area contributed by atoms with E-state index in [9.17, 15) is 10.1 Å². The normalized spacial score (nSPS) is 10.8. The van der Waals surface area contributed by atoms with Crippen molar-refractivity contribution in [3.05, 3.63) is 96.2 Å². The van der Waals surface area contributed by atoms with E-state index >= 15 is 0 Å². The summed E-state index contributed by atoms with van der Waals surface area (Å²) in [4.78, 5) is 14.6. The molecule has 0 fully saturated rings. The molecule has 6 heteroatoms. The van der Waals surface area contributed by atoms with Gasteiger partial charge in [-0.2, -0.15) is 5.26 Å². The molecular formula is C25H23N3O2S. The summed E-state index contributed by atoms with van der Waals surface area (Å²) in [6.45, 7) is 0.569.